The molecule has 2 unspecified atom stereocenters. The number of carbonyl (C=O) groups is 1. The molecule has 2 aliphatic heterocycles. The number of nitrogens with one attached hydrogen (secondary N) is 2. The Morgan fingerprint density at radius 3 is 3.32 bits per heavy atom. The Kier molecular flexibility index (Phi) is 3.65. The number of piperidine rings is 1. The summed E-state index contributed by atoms with van der Waals surface area (Å²) in [5.41, 5.74) is 1.01. The van der Waals surface area contributed by atoms with Crippen LogP contribution in [0.5, 0.6) is 0 Å². The summed E-state index contributed by atoms with van der Waals surface area (Å²) in [6.45, 7) is 5.55. The molecular weight excluding hydrogens is 262 g/mol. The van der Waals surface area contributed by atoms with Gasteiger partial charge in [0.2, 0.25) is 5.91 Å². The van der Waals surface area contributed by atoms with E-state index in [1.807, 2.05) is 0 Å². The van der Waals surface area contributed by atoms with E-state index in [0.29, 0.717) is 6.04 Å². The lowest BCUT2D eigenvalue weighted by atomic mass is 9.91. The third kappa shape index (κ3) is 2.44. The maximum atomic E-state index is 11.7. The fourth-order valence-electron chi connectivity index (χ4n) is 3.04. The van der Waals surface area contributed by atoms with E-state index < -0.39 is 0 Å². The van der Waals surface area contributed by atoms with E-state index in [2.05, 4.69) is 32.0 Å². The van der Waals surface area contributed by atoms with Crippen molar-refractivity contribution in [3.8, 4) is 0 Å². The topological polar surface area (TPSA) is 70.2 Å². The minimum absolute atomic E-state index is 0.169. The fraction of sp³-hybridized carbons (Fsp3) is 0.750. The molecule has 3 rings (SSSR count). The van der Waals surface area contributed by atoms with Gasteiger partial charge in [-0.05, 0) is 26.3 Å². The third-order valence-electron chi connectivity index (χ3n) is 3.96. The summed E-state index contributed by atoms with van der Waals surface area (Å²) in [5.74, 6) is 0.390. The molecule has 2 atom stereocenters. The Bertz CT molecular complexity index is 463. The molecule has 2 saturated heterocycles. The summed E-state index contributed by atoms with van der Waals surface area (Å²) < 4.78 is 4.03. The van der Waals surface area contributed by atoms with Crippen molar-refractivity contribution in [2.24, 2.45) is 5.92 Å². The Balaban J connectivity index is 1.72. The summed E-state index contributed by atoms with van der Waals surface area (Å²) in [5, 5.41) is 11.6. The molecule has 0 radical (unpaired) electrons. The van der Waals surface area contributed by atoms with Crippen molar-refractivity contribution in [1.29, 1.82) is 0 Å². The molecule has 2 N–H and O–H groups in total. The molecule has 3 heterocycles. The van der Waals surface area contributed by atoms with Gasteiger partial charge in [-0.1, -0.05) is 4.49 Å². The lowest BCUT2D eigenvalue weighted by Crippen LogP contribution is -2.45. The minimum Gasteiger partial charge on any atom is -0.374 e. The lowest BCUT2D eigenvalue weighted by Gasteiger charge is -2.35. The molecule has 1 aromatic rings. The predicted molar refractivity (Wildman–Crippen MR) is 74.0 cm³/mol. The van der Waals surface area contributed by atoms with Crippen LogP contribution in [0.25, 0.3) is 0 Å². The number of hydrogen-bond donors (Lipinski definition) is 2. The zero-order chi connectivity index (χ0) is 13.2. The van der Waals surface area contributed by atoms with Gasteiger partial charge in [-0.25, -0.2) is 0 Å². The van der Waals surface area contributed by atoms with Gasteiger partial charge in [0.15, 0.2) is 0 Å². The van der Waals surface area contributed by atoms with Crippen molar-refractivity contribution in [1.82, 2.24) is 19.8 Å². The third-order valence-corrected chi connectivity index (χ3v) is 4.69. The second-order valence-electron chi connectivity index (χ2n) is 5.11. The van der Waals surface area contributed by atoms with Gasteiger partial charge in [0.25, 0.3) is 0 Å². The summed E-state index contributed by atoms with van der Waals surface area (Å²) in [6, 6.07) is 0.331. The number of amides is 1. The molecule has 1 aromatic heterocycles. The van der Waals surface area contributed by atoms with E-state index in [0.717, 1.165) is 49.7 Å². The molecule has 1 amide bonds. The molecule has 7 heteroatoms. The first-order chi connectivity index (χ1) is 9.29. The molecule has 0 saturated carbocycles. The second-order valence-corrected chi connectivity index (χ2v) is 5.86. The van der Waals surface area contributed by atoms with Gasteiger partial charge in [0, 0.05) is 37.2 Å². The highest BCUT2D eigenvalue weighted by Crippen LogP contribution is 2.29. The van der Waals surface area contributed by atoms with Gasteiger partial charge >= 0.3 is 0 Å². The van der Waals surface area contributed by atoms with Crippen molar-refractivity contribution in [2.75, 3.05) is 25.0 Å². The highest BCUT2D eigenvalue weighted by molar-refractivity contribution is 7.10. The largest absolute Gasteiger partial charge is 0.374 e. The number of carbonyl (C=O) groups excluding carboxylic acids is 1. The second kappa shape index (κ2) is 5.42. The van der Waals surface area contributed by atoms with E-state index in [1.54, 1.807) is 0 Å². The van der Waals surface area contributed by atoms with Gasteiger partial charge in [-0.15, -0.1) is 5.10 Å². The summed E-state index contributed by atoms with van der Waals surface area (Å²) in [6.07, 6.45) is 2.10. The van der Waals surface area contributed by atoms with Gasteiger partial charge in [0.1, 0.15) is 10.7 Å². The highest BCUT2D eigenvalue weighted by atomic mass is 32.1. The molecular formula is C12H19N5OS. The number of aromatic nitrogens is 2. The smallest absolute Gasteiger partial charge is 0.224 e. The van der Waals surface area contributed by atoms with Gasteiger partial charge < -0.3 is 10.6 Å². The van der Waals surface area contributed by atoms with Crippen LogP contribution in [0.15, 0.2) is 0 Å². The van der Waals surface area contributed by atoms with Crippen molar-refractivity contribution in [2.45, 2.75) is 32.4 Å². The number of rotatable bonds is 4. The standard InChI is InChI=1S/C12H19N5OS/c1-2-13-12-9(15-16-19-12)7-17-5-3-4-8-10(17)6-14-11(8)18/h8,10,13H,2-7H2,1H3,(H,14,18). The molecule has 6 nitrogen and oxygen atoms in total. The Morgan fingerprint density at radius 2 is 2.47 bits per heavy atom. The van der Waals surface area contributed by atoms with Crippen LogP contribution in [0.4, 0.5) is 5.00 Å². The van der Waals surface area contributed by atoms with E-state index in [4.69, 9.17) is 0 Å². The summed E-state index contributed by atoms with van der Waals surface area (Å²) >= 11 is 1.41. The molecule has 2 aliphatic rings. The molecule has 0 spiro atoms. The predicted octanol–water partition coefficient (Wildman–Crippen LogP) is 0.680. The number of hydrogen-bond acceptors (Lipinski definition) is 6. The van der Waals surface area contributed by atoms with E-state index >= 15 is 0 Å². The number of nitrogens with zero attached hydrogens (tertiary/aromatic N) is 3. The fourth-order valence-corrected chi connectivity index (χ4v) is 3.68. The van der Waals surface area contributed by atoms with E-state index in [9.17, 15) is 4.79 Å². The maximum Gasteiger partial charge on any atom is 0.224 e. The van der Waals surface area contributed by atoms with Crippen LogP contribution in [-0.4, -0.2) is 46.1 Å². The first-order valence-corrected chi connectivity index (χ1v) is 7.63. The van der Waals surface area contributed by atoms with Crippen LogP contribution in [0.3, 0.4) is 0 Å². The van der Waals surface area contributed by atoms with Crippen molar-refractivity contribution < 1.29 is 4.79 Å². The van der Waals surface area contributed by atoms with Crippen molar-refractivity contribution in [3.05, 3.63) is 5.69 Å². The molecule has 0 aliphatic carbocycles. The number of anilines is 1. The summed E-state index contributed by atoms with van der Waals surface area (Å²) in [4.78, 5) is 14.1. The molecule has 19 heavy (non-hydrogen) atoms. The normalized spacial score (nSPS) is 27.1. The molecule has 0 aromatic carbocycles. The van der Waals surface area contributed by atoms with Gasteiger partial charge in [0.05, 0.1) is 5.92 Å². The van der Waals surface area contributed by atoms with Crippen LogP contribution >= 0.6 is 11.5 Å². The quantitative estimate of drug-likeness (QED) is 0.849. The van der Waals surface area contributed by atoms with E-state index in [-0.39, 0.29) is 11.8 Å². The zero-order valence-corrected chi connectivity index (χ0v) is 11.9. The maximum absolute atomic E-state index is 11.7. The lowest BCUT2D eigenvalue weighted by molar-refractivity contribution is -0.124. The molecule has 104 valence electrons. The van der Waals surface area contributed by atoms with Crippen LogP contribution in [-0.2, 0) is 11.3 Å². The Labute approximate surface area is 116 Å². The average Bonchev–Trinajstić information content (AvgIpc) is 2.99. The monoisotopic (exact) mass is 281 g/mol. The molecule has 0 bridgehead atoms. The first kappa shape index (κ1) is 12.8. The van der Waals surface area contributed by atoms with Crippen LogP contribution in [0, 0.1) is 5.92 Å². The van der Waals surface area contributed by atoms with E-state index in [1.165, 1.54) is 11.5 Å². The number of likely N-dealkylation sites (tertiary alicyclic amines) is 1. The number of fused-ring (bicyclic) bond motifs is 1. The SMILES string of the molecule is CCNc1snnc1CN1CCCC2C(=O)NCC21. The van der Waals surface area contributed by atoms with Crippen molar-refractivity contribution >= 4 is 22.4 Å². The first-order valence-electron chi connectivity index (χ1n) is 6.86. The van der Waals surface area contributed by atoms with Gasteiger partial charge in [-0.3, -0.25) is 9.69 Å². The average molecular weight is 281 g/mol. The Hall–Kier alpha value is -1.21. The van der Waals surface area contributed by atoms with Crippen LogP contribution in [0.2, 0.25) is 0 Å². The zero-order valence-electron chi connectivity index (χ0n) is 11.1. The molecule has 2 fully saturated rings. The van der Waals surface area contributed by atoms with Gasteiger partial charge in [-0.2, -0.15) is 0 Å². The Morgan fingerprint density at radius 1 is 1.58 bits per heavy atom. The summed E-state index contributed by atoms with van der Waals surface area (Å²) in [7, 11) is 0. The van der Waals surface area contributed by atoms with Crippen LogP contribution < -0.4 is 10.6 Å². The van der Waals surface area contributed by atoms with Crippen LogP contribution in [0.1, 0.15) is 25.5 Å². The van der Waals surface area contributed by atoms with Crippen molar-refractivity contribution in [3.63, 3.8) is 0 Å². The highest BCUT2D eigenvalue weighted by Gasteiger charge is 2.40. The minimum atomic E-state index is 0.169.